The molecule has 0 aromatic rings. The standard InChI is InChI=1S/C6H7ClO5/c7-1-2(8)5-3(9)4(10)6(11)12-5/h2,5,8-10H,1H2/t2-,5+/m0/s1. The number of ether oxygens (including phenoxy) is 1. The van der Waals surface area contributed by atoms with Crippen molar-refractivity contribution >= 4 is 17.6 Å². The van der Waals surface area contributed by atoms with Crippen molar-refractivity contribution in [2.45, 2.75) is 12.2 Å². The molecule has 5 nitrogen and oxygen atoms in total. The predicted octanol–water partition coefficient (Wildman–Crippen LogP) is -0.161. The number of carbonyl (C=O) groups is 1. The Morgan fingerprint density at radius 1 is 1.58 bits per heavy atom. The molecule has 0 amide bonds. The lowest BCUT2D eigenvalue weighted by molar-refractivity contribution is -0.146. The minimum atomic E-state index is -1.24. The van der Waals surface area contributed by atoms with Gasteiger partial charge < -0.3 is 20.1 Å². The summed E-state index contributed by atoms with van der Waals surface area (Å²) in [7, 11) is 0. The maximum Gasteiger partial charge on any atom is 0.377 e. The Kier molecular flexibility index (Phi) is 2.44. The van der Waals surface area contributed by atoms with Crippen molar-refractivity contribution in [2.75, 3.05) is 5.88 Å². The molecule has 0 bridgehead atoms. The van der Waals surface area contributed by atoms with Crippen LogP contribution < -0.4 is 0 Å². The lowest BCUT2D eigenvalue weighted by atomic mass is 10.2. The van der Waals surface area contributed by atoms with E-state index in [0.717, 1.165) is 0 Å². The molecule has 0 aromatic carbocycles. The van der Waals surface area contributed by atoms with E-state index in [-0.39, 0.29) is 5.88 Å². The van der Waals surface area contributed by atoms with Crippen molar-refractivity contribution in [3.8, 4) is 0 Å². The van der Waals surface area contributed by atoms with E-state index in [4.69, 9.17) is 26.9 Å². The Morgan fingerprint density at radius 3 is 2.50 bits per heavy atom. The normalized spacial score (nSPS) is 25.8. The second-order valence-corrected chi connectivity index (χ2v) is 2.59. The van der Waals surface area contributed by atoms with Gasteiger partial charge in [0, 0.05) is 0 Å². The fourth-order valence-corrected chi connectivity index (χ4v) is 0.970. The van der Waals surface area contributed by atoms with Gasteiger partial charge in [-0.05, 0) is 0 Å². The van der Waals surface area contributed by atoms with E-state index in [1.807, 2.05) is 0 Å². The lowest BCUT2D eigenvalue weighted by Gasteiger charge is -2.13. The summed E-state index contributed by atoms with van der Waals surface area (Å²) >= 11 is 5.24. The summed E-state index contributed by atoms with van der Waals surface area (Å²) in [5.41, 5.74) is 0. The fraction of sp³-hybridized carbons (Fsp3) is 0.500. The van der Waals surface area contributed by atoms with E-state index < -0.39 is 29.7 Å². The first-order chi connectivity index (χ1) is 5.57. The van der Waals surface area contributed by atoms with Crippen LogP contribution in [-0.2, 0) is 9.53 Å². The molecule has 0 fully saturated rings. The van der Waals surface area contributed by atoms with Gasteiger partial charge in [-0.25, -0.2) is 4.79 Å². The highest BCUT2D eigenvalue weighted by Gasteiger charge is 2.38. The first kappa shape index (κ1) is 9.15. The Hall–Kier alpha value is -0.940. The molecule has 1 aliphatic heterocycles. The van der Waals surface area contributed by atoms with Gasteiger partial charge in [-0.1, -0.05) is 0 Å². The number of aliphatic hydroxyl groups excluding tert-OH is 3. The molecule has 0 saturated carbocycles. The molecule has 0 radical (unpaired) electrons. The van der Waals surface area contributed by atoms with E-state index in [1.54, 1.807) is 0 Å². The van der Waals surface area contributed by atoms with Crippen molar-refractivity contribution < 1.29 is 24.9 Å². The van der Waals surface area contributed by atoms with Gasteiger partial charge in [0.25, 0.3) is 0 Å². The maximum atomic E-state index is 10.6. The van der Waals surface area contributed by atoms with Crippen LogP contribution >= 0.6 is 11.6 Å². The van der Waals surface area contributed by atoms with Gasteiger partial charge in [0.1, 0.15) is 6.10 Å². The Bertz CT molecular complexity index is 236. The van der Waals surface area contributed by atoms with Crippen LogP contribution in [0.3, 0.4) is 0 Å². The van der Waals surface area contributed by atoms with Crippen LogP contribution in [0.1, 0.15) is 0 Å². The SMILES string of the molecule is O=C1O[C@H]([C@@H](O)CCl)C(O)=C1O. The van der Waals surface area contributed by atoms with Crippen molar-refractivity contribution in [3.05, 3.63) is 11.5 Å². The van der Waals surface area contributed by atoms with Crippen LogP contribution in [-0.4, -0.2) is 39.4 Å². The van der Waals surface area contributed by atoms with Gasteiger partial charge in [-0.15, -0.1) is 11.6 Å². The third kappa shape index (κ3) is 1.33. The largest absolute Gasteiger partial charge is 0.505 e. The highest BCUT2D eigenvalue weighted by molar-refractivity contribution is 6.18. The maximum absolute atomic E-state index is 10.6. The van der Waals surface area contributed by atoms with Gasteiger partial charge >= 0.3 is 5.97 Å². The van der Waals surface area contributed by atoms with E-state index in [2.05, 4.69) is 4.74 Å². The predicted molar refractivity (Wildman–Crippen MR) is 38.9 cm³/mol. The van der Waals surface area contributed by atoms with Gasteiger partial charge in [0.05, 0.1) is 5.88 Å². The summed E-state index contributed by atoms with van der Waals surface area (Å²) < 4.78 is 4.39. The van der Waals surface area contributed by atoms with Crippen molar-refractivity contribution in [2.24, 2.45) is 0 Å². The van der Waals surface area contributed by atoms with Gasteiger partial charge in [0.15, 0.2) is 11.9 Å². The third-order valence-electron chi connectivity index (χ3n) is 1.45. The molecule has 1 aliphatic rings. The molecule has 2 atom stereocenters. The summed E-state index contributed by atoms with van der Waals surface area (Å²) in [6.07, 6.45) is -2.45. The number of rotatable bonds is 2. The molecule has 0 saturated heterocycles. The molecule has 1 heterocycles. The fourth-order valence-electron chi connectivity index (χ4n) is 0.808. The van der Waals surface area contributed by atoms with Crippen LogP contribution in [0.15, 0.2) is 11.5 Å². The van der Waals surface area contributed by atoms with Gasteiger partial charge in [-0.2, -0.15) is 0 Å². The number of esters is 1. The number of cyclic esters (lactones) is 1. The molecular formula is C6H7ClO5. The molecule has 0 aliphatic carbocycles. The number of alkyl halides is 1. The average Bonchev–Trinajstić information content (AvgIpc) is 2.32. The number of hydrogen-bond donors (Lipinski definition) is 3. The zero-order valence-corrected chi connectivity index (χ0v) is 6.65. The second-order valence-electron chi connectivity index (χ2n) is 2.28. The van der Waals surface area contributed by atoms with Crippen LogP contribution in [0.4, 0.5) is 0 Å². The molecule has 0 spiro atoms. The molecule has 0 unspecified atom stereocenters. The highest BCUT2D eigenvalue weighted by Crippen LogP contribution is 2.21. The van der Waals surface area contributed by atoms with E-state index in [1.165, 1.54) is 0 Å². The second kappa shape index (κ2) is 3.20. The molecular weight excluding hydrogens is 188 g/mol. The summed E-state index contributed by atoms with van der Waals surface area (Å²) in [5.74, 6) is -2.80. The molecule has 6 heteroatoms. The van der Waals surface area contributed by atoms with E-state index in [9.17, 15) is 4.79 Å². The van der Waals surface area contributed by atoms with Crippen molar-refractivity contribution in [3.63, 3.8) is 0 Å². The number of aliphatic hydroxyl groups is 3. The van der Waals surface area contributed by atoms with Crippen LogP contribution in [0.2, 0.25) is 0 Å². The first-order valence-corrected chi connectivity index (χ1v) is 3.68. The summed E-state index contributed by atoms with van der Waals surface area (Å²) in [4.78, 5) is 10.6. The number of halogens is 1. The molecule has 68 valence electrons. The van der Waals surface area contributed by atoms with Gasteiger partial charge in [0.2, 0.25) is 5.76 Å². The van der Waals surface area contributed by atoms with Crippen LogP contribution in [0.5, 0.6) is 0 Å². The first-order valence-electron chi connectivity index (χ1n) is 3.15. The average molecular weight is 195 g/mol. The molecule has 0 aromatic heterocycles. The molecule has 3 N–H and O–H groups in total. The smallest absolute Gasteiger partial charge is 0.377 e. The summed E-state index contributed by atoms with van der Waals surface area (Å²) in [6.45, 7) is 0. The lowest BCUT2D eigenvalue weighted by Crippen LogP contribution is -2.29. The topological polar surface area (TPSA) is 87.0 Å². The zero-order chi connectivity index (χ0) is 9.30. The molecule has 1 rings (SSSR count). The van der Waals surface area contributed by atoms with Crippen molar-refractivity contribution in [1.82, 2.24) is 0 Å². The van der Waals surface area contributed by atoms with Crippen molar-refractivity contribution in [1.29, 1.82) is 0 Å². The van der Waals surface area contributed by atoms with Crippen LogP contribution in [0, 0.1) is 0 Å². The van der Waals surface area contributed by atoms with E-state index in [0.29, 0.717) is 0 Å². The highest BCUT2D eigenvalue weighted by atomic mass is 35.5. The van der Waals surface area contributed by atoms with Gasteiger partial charge in [-0.3, -0.25) is 0 Å². The molecule has 12 heavy (non-hydrogen) atoms. The Morgan fingerprint density at radius 2 is 2.17 bits per heavy atom. The Balaban J connectivity index is 2.80. The minimum absolute atomic E-state index is 0.199. The monoisotopic (exact) mass is 194 g/mol. The third-order valence-corrected chi connectivity index (χ3v) is 1.76. The quantitative estimate of drug-likeness (QED) is 0.420. The zero-order valence-electron chi connectivity index (χ0n) is 5.90. The minimum Gasteiger partial charge on any atom is -0.505 e. The van der Waals surface area contributed by atoms with E-state index >= 15 is 0 Å². The summed E-state index contributed by atoms with van der Waals surface area (Å²) in [6, 6.07) is 0. The van der Waals surface area contributed by atoms with Crippen LogP contribution in [0.25, 0.3) is 0 Å². The number of carbonyl (C=O) groups excluding carboxylic acids is 1. The summed E-state index contributed by atoms with van der Waals surface area (Å²) in [5, 5.41) is 26.8. The number of hydrogen-bond acceptors (Lipinski definition) is 5. The Labute approximate surface area is 72.8 Å².